The van der Waals surface area contributed by atoms with Gasteiger partial charge in [0.2, 0.25) is 0 Å². The number of hydrogen-bond donors (Lipinski definition) is 1. The molecule has 0 atom stereocenters. The fourth-order valence-corrected chi connectivity index (χ4v) is 2.79. The zero-order chi connectivity index (χ0) is 14.4. The molecule has 2 rings (SSSR count). The van der Waals surface area contributed by atoms with Crippen molar-refractivity contribution < 1.29 is 0 Å². The summed E-state index contributed by atoms with van der Waals surface area (Å²) in [5, 5.41) is 4.14. The van der Waals surface area contributed by atoms with Crippen LogP contribution in [0.1, 0.15) is 25.8 Å². The Hall–Kier alpha value is -0.840. The fraction of sp³-hybridized carbons (Fsp3) is 0.667. The van der Waals surface area contributed by atoms with Crippen LogP contribution in [0.3, 0.4) is 0 Å². The molecule has 0 saturated carbocycles. The number of piperazine rings is 1. The van der Waals surface area contributed by atoms with Gasteiger partial charge >= 0.3 is 0 Å². The monoisotopic (exact) mass is 296 g/mol. The molecular weight excluding hydrogens is 272 g/mol. The minimum absolute atomic E-state index is 0.769. The van der Waals surface area contributed by atoms with Crippen molar-refractivity contribution >= 4 is 17.4 Å². The predicted molar refractivity (Wildman–Crippen MR) is 85.6 cm³/mol. The lowest BCUT2D eigenvalue weighted by Gasteiger charge is -2.35. The highest BCUT2D eigenvalue weighted by molar-refractivity contribution is 6.33. The molecule has 5 heteroatoms. The molecule has 1 fully saturated rings. The molecule has 4 nitrogen and oxygen atoms in total. The van der Waals surface area contributed by atoms with E-state index in [1.54, 1.807) is 0 Å². The van der Waals surface area contributed by atoms with Crippen molar-refractivity contribution in [2.24, 2.45) is 0 Å². The van der Waals surface area contributed by atoms with Crippen LogP contribution >= 0.6 is 11.6 Å². The Balaban J connectivity index is 1.95. The second kappa shape index (κ2) is 7.81. The van der Waals surface area contributed by atoms with E-state index in [9.17, 15) is 0 Å². The summed E-state index contributed by atoms with van der Waals surface area (Å²) in [5.41, 5.74) is 1.15. The van der Waals surface area contributed by atoms with E-state index in [-0.39, 0.29) is 0 Å². The summed E-state index contributed by atoms with van der Waals surface area (Å²) in [6.45, 7) is 11.6. The number of aromatic nitrogens is 1. The largest absolute Gasteiger partial charge is 0.353 e. The summed E-state index contributed by atoms with van der Waals surface area (Å²) in [7, 11) is 0. The van der Waals surface area contributed by atoms with Crippen LogP contribution in [0, 0.1) is 0 Å². The third kappa shape index (κ3) is 4.08. The van der Waals surface area contributed by atoms with Gasteiger partial charge < -0.3 is 15.1 Å². The maximum absolute atomic E-state index is 6.40. The molecule has 0 spiro atoms. The standard InChI is InChI=1S/C15H25ClN4/c1-3-5-17-11-13-10-14(16)15(18-12-13)20-8-6-19(4-2)7-9-20/h10,12,17H,3-9,11H2,1-2H3. The first-order valence-electron chi connectivity index (χ1n) is 7.57. The molecule has 1 aliphatic heterocycles. The van der Waals surface area contributed by atoms with E-state index in [1.165, 1.54) is 0 Å². The van der Waals surface area contributed by atoms with Gasteiger partial charge in [-0.15, -0.1) is 0 Å². The van der Waals surface area contributed by atoms with Crippen molar-refractivity contribution in [2.75, 3.05) is 44.2 Å². The van der Waals surface area contributed by atoms with E-state index in [0.717, 1.165) is 68.6 Å². The Kier molecular flexibility index (Phi) is 6.07. The van der Waals surface area contributed by atoms with Crippen molar-refractivity contribution in [3.63, 3.8) is 0 Å². The Labute approximate surface area is 127 Å². The van der Waals surface area contributed by atoms with E-state index < -0.39 is 0 Å². The first-order valence-corrected chi connectivity index (χ1v) is 7.94. The quantitative estimate of drug-likeness (QED) is 0.817. The molecule has 0 unspecified atom stereocenters. The molecular formula is C15H25ClN4. The topological polar surface area (TPSA) is 31.4 Å². The molecule has 0 radical (unpaired) electrons. The lowest BCUT2D eigenvalue weighted by molar-refractivity contribution is 0.270. The number of nitrogens with one attached hydrogen (secondary N) is 1. The number of pyridine rings is 1. The summed E-state index contributed by atoms with van der Waals surface area (Å²) in [6, 6.07) is 2.04. The normalized spacial score (nSPS) is 16.6. The van der Waals surface area contributed by atoms with Gasteiger partial charge in [-0.25, -0.2) is 4.98 Å². The molecule has 1 saturated heterocycles. The predicted octanol–water partition coefficient (Wildman–Crippen LogP) is 2.38. The first-order chi connectivity index (χ1) is 9.74. The van der Waals surface area contributed by atoms with E-state index >= 15 is 0 Å². The van der Waals surface area contributed by atoms with Crippen molar-refractivity contribution in [1.29, 1.82) is 0 Å². The third-order valence-corrected chi connectivity index (χ3v) is 4.03. The highest BCUT2D eigenvalue weighted by Gasteiger charge is 2.18. The zero-order valence-corrected chi connectivity index (χ0v) is 13.3. The van der Waals surface area contributed by atoms with Crippen molar-refractivity contribution in [3.8, 4) is 0 Å². The molecule has 112 valence electrons. The number of anilines is 1. The van der Waals surface area contributed by atoms with Gasteiger partial charge in [-0.3, -0.25) is 0 Å². The maximum Gasteiger partial charge on any atom is 0.147 e. The van der Waals surface area contributed by atoms with Crippen LogP contribution in [0.4, 0.5) is 5.82 Å². The van der Waals surface area contributed by atoms with Crippen molar-refractivity contribution in [3.05, 3.63) is 22.8 Å². The van der Waals surface area contributed by atoms with E-state index in [0.29, 0.717) is 0 Å². The van der Waals surface area contributed by atoms with Crippen molar-refractivity contribution in [1.82, 2.24) is 15.2 Å². The average Bonchev–Trinajstić information content (AvgIpc) is 2.48. The lowest BCUT2D eigenvalue weighted by Crippen LogP contribution is -2.46. The van der Waals surface area contributed by atoms with Gasteiger partial charge in [0, 0.05) is 38.9 Å². The van der Waals surface area contributed by atoms with Gasteiger partial charge in [-0.05, 0) is 31.1 Å². The second-order valence-corrected chi connectivity index (χ2v) is 5.65. The highest BCUT2D eigenvalue weighted by Crippen LogP contribution is 2.25. The third-order valence-electron chi connectivity index (χ3n) is 3.75. The van der Waals surface area contributed by atoms with Crippen LogP contribution in [0.25, 0.3) is 0 Å². The number of rotatable bonds is 6. The zero-order valence-electron chi connectivity index (χ0n) is 12.5. The molecule has 20 heavy (non-hydrogen) atoms. The molecule has 1 aromatic rings. The number of halogens is 1. The molecule has 0 aromatic carbocycles. The first kappa shape index (κ1) is 15.5. The Bertz CT molecular complexity index is 416. The summed E-state index contributed by atoms with van der Waals surface area (Å²) < 4.78 is 0. The minimum atomic E-state index is 0.769. The number of likely N-dealkylation sites (N-methyl/N-ethyl adjacent to an activating group) is 1. The van der Waals surface area contributed by atoms with Gasteiger partial charge in [0.1, 0.15) is 5.82 Å². The number of nitrogens with zero attached hydrogens (tertiary/aromatic N) is 3. The lowest BCUT2D eigenvalue weighted by atomic mass is 10.2. The van der Waals surface area contributed by atoms with Gasteiger partial charge in [0.25, 0.3) is 0 Å². The molecule has 1 aliphatic rings. The molecule has 0 aliphatic carbocycles. The Morgan fingerprint density at radius 2 is 2.00 bits per heavy atom. The van der Waals surface area contributed by atoms with Crippen LogP contribution in [0.2, 0.25) is 5.02 Å². The van der Waals surface area contributed by atoms with E-state index in [4.69, 9.17) is 11.6 Å². The second-order valence-electron chi connectivity index (χ2n) is 5.25. The van der Waals surface area contributed by atoms with E-state index in [1.807, 2.05) is 12.3 Å². The summed E-state index contributed by atoms with van der Waals surface area (Å²) in [6.07, 6.45) is 3.08. The highest BCUT2D eigenvalue weighted by atomic mass is 35.5. The molecule has 2 heterocycles. The fourth-order valence-electron chi connectivity index (χ4n) is 2.49. The van der Waals surface area contributed by atoms with Crippen LogP contribution in [0.15, 0.2) is 12.3 Å². The van der Waals surface area contributed by atoms with Gasteiger partial charge in [-0.2, -0.15) is 0 Å². The minimum Gasteiger partial charge on any atom is -0.353 e. The number of hydrogen-bond acceptors (Lipinski definition) is 4. The van der Waals surface area contributed by atoms with Crippen LogP contribution in [-0.4, -0.2) is 49.2 Å². The maximum atomic E-state index is 6.40. The SMILES string of the molecule is CCCNCc1cnc(N2CCN(CC)CC2)c(Cl)c1. The Morgan fingerprint density at radius 1 is 1.25 bits per heavy atom. The van der Waals surface area contributed by atoms with Crippen LogP contribution in [0.5, 0.6) is 0 Å². The Morgan fingerprint density at radius 3 is 2.60 bits per heavy atom. The summed E-state index contributed by atoms with van der Waals surface area (Å²) in [4.78, 5) is 9.31. The summed E-state index contributed by atoms with van der Waals surface area (Å²) >= 11 is 6.40. The smallest absolute Gasteiger partial charge is 0.147 e. The summed E-state index contributed by atoms with van der Waals surface area (Å²) in [5.74, 6) is 0.932. The van der Waals surface area contributed by atoms with Crippen LogP contribution < -0.4 is 10.2 Å². The molecule has 1 N–H and O–H groups in total. The molecule has 0 bridgehead atoms. The van der Waals surface area contributed by atoms with Gasteiger partial charge in [-0.1, -0.05) is 25.4 Å². The van der Waals surface area contributed by atoms with Gasteiger partial charge in [0.05, 0.1) is 5.02 Å². The van der Waals surface area contributed by atoms with Crippen LogP contribution in [-0.2, 0) is 6.54 Å². The molecule has 0 amide bonds. The molecule has 1 aromatic heterocycles. The van der Waals surface area contributed by atoms with Crippen molar-refractivity contribution in [2.45, 2.75) is 26.8 Å². The average molecular weight is 297 g/mol. The van der Waals surface area contributed by atoms with E-state index in [2.05, 4.69) is 33.9 Å². The van der Waals surface area contributed by atoms with Gasteiger partial charge in [0.15, 0.2) is 0 Å².